The minimum atomic E-state index is -0.873. The zero-order valence-electron chi connectivity index (χ0n) is 8.98. The molecule has 2 N–H and O–H groups in total. The molecule has 1 unspecified atom stereocenters. The minimum Gasteiger partial charge on any atom is -0.478 e. The molecule has 0 saturated carbocycles. The van der Waals surface area contributed by atoms with E-state index in [2.05, 4.69) is 5.32 Å². The van der Waals surface area contributed by atoms with Gasteiger partial charge in [-0.05, 0) is 30.7 Å². The van der Waals surface area contributed by atoms with E-state index in [9.17, 15) is 4.79 Å². The van der Waals surface area contributed by atoms with Gasteiger partial charge in [-0.15, -0.1) is 0 Å². The normalized spacial score (nSPS) is 19.6. The van der Waals surface area contributed by atoms with E-state index in [1.807, 2.05) is 23.9 Å². The lowest BCUT2D eigenvalue weighted by Gasteiger charge is -2.13. The maximum absolute atomic E-state index is 11.0. The number of rotatable bonds is 4. The van der Waals surface area contributed by atoms with E-state index in [-0.39, 0.29) is 0 Å². The van der Waals surface area contributed by atoms with E-state index < -0.39 is 5.97 Å². The molecule has 0 aromatic heterocycles. The summed E-state index contributed by atoms with van der Waals surface area (Å²) in [6.45, 7) is 0.856. The zero-order valence-corrected chi connectivity index (χ0v) is 9.80. The topological polar surface area (TPSA) is 49.3 Å². The maximum Gasteiger partial charge on any atom is 0.337 e. The lowest BCUT2D eigenvalue weighted by molar-refractivity contribution is 0.0698. The van der Waals surface area contributed by atoms with Crippen molar-refractivity contribution in [2.24, 2.45) is 0 Å². The highest BCUT2D eigenvalue weighted by molar-refractivity contribution is 8.00. The summed E-state index contributed by atoms with van der Waals surface area (Å²) in [7, 11) is 0. The van der Waals surface area contributed by atoms with Crippen molar-refractivity contribution in [3.05, 3.63) is 29.8 Å². The number of anilines is 1. The molecule has 1 heterocycles. The second-order valence-corrected chi connectivity index (χ2v) is 5.27. The van der Waals surface area contributed by atoms with E-state index in [1.165, 1.54) is 18.6 Å². The third kappa shape index (κ3) is 2.70. The average Bonchev–Trinajstić information content (AvgIpc) is 2.79. The molecule has 1 aromatic carbocycles. The first-order valence-electron chi connectivity index (χ1n) is 5.45. The lowest BCUT2D eigenvalue weighted by Crippen LogP contribution is -2.15. The highest BCUT2D eigenvalue weighted by Gasteiger charge is 2.16. The smallest absolute Gasteiger partial charge is 0.337 e. The number of aromatic carboxylic acids is 1. The van der Waals surface area contributed by atoms with E-state index >= 15 is 0 Å². The van der Waals surface area contributed by atoms with Gasteiger partial charge in [-0.1, -0.05) is 12.1 Å². The van der Waals surface area contributed by atoms with Gasteiger partial charge in [0.2, 0.25) is 0 Å². The van der Waals surface area contributed by atoms with Crippen LogP contribution in [-0.2, 0) is 0 Å². The summed E-state index contributed by atoms with van der Waals surface area (Å²) in [6, 6.07) is 7.06. The molecule has 0 aliphatic carbocycles. The Kier molecular flexibility index (Phi) is 3.72. The molecule has 0 spiro atoms. The van der Waals surface area contributed by atoms with Crippen molar-refractivity contribution in [1.82, 2.24) is 0 Å². The third-order valence-electron chi connectivity index (χ3n) is 2.70. The Bertz CT molecular complexity index is 375. The SMILES string of the molecule is O=C(O)c1ccccc1NCC1CCCS1. The Labute approximate surface area is 99.2 Å². The van der Waals surface area contributed by atoms with Crippen molar-refractivity contribution in [3.8, 4) is 0 Å². The van der Waals surface area contributed by atoms with E-state index in [0.717, 1.165) is 12.2 Å². The predicted octanol–water partition coefficient (Wildman–Crippen LogP) is 2.69. The number of carboxylic acid groups (broad SMARTS) is 1. The minimum absolute atomic E-state index is 0.352. The zero-order chi connectivity index (χ0) is 11.4. The first-order valence-corrected chi connectivity index (χ1v) is 6.50. The largest absolute Gasteiger partial charge is 0.478 e. The molecule has 1 atom stereocenters. The third-order valence-corrected chi connectivity index (χ3v) is 4.10. The molecule has 3 nitrogen and oxygen atoms in total. The number of para-hydroxylation sites is 1. The van der Waals surface area contributed by atoms with Gasteiger partial charge in [0.25, 0.3) is 0 Å². The summed E-state index contributed by atoms with van der Waals surface area (Å²) in [5.41, 5.74) is 1.08. The summed E-state index contributed by atoms with van der Waals surface area (Å²) >= 11 is 1.97. The van der Waals surface area contributed by atoms with Crippen LogP contribution in [0.1, 0.15) is 23.2 Å². The molecular weight excluding hydrogens is 222 g/mol. The van der Waals surface area contributed by atoms with Gasteiger partial charge in [0.15, 0.2) is 0 Å². The van der Waals surface area contributed by atoms with Gasteiger partial charge in [0, 0.05) is 17.5 Å². The van der Waals surface area contributed by atoms with Crippen molar-refractivity contribution >= 4 is 23.4 Å². The van der Waals surface area contributed by atoms with Crippen molar-refractivity contribution in [2.75, 3.05) is 17.6 Å². The number of carboxylic acids is 1. The Balaban J connectivity index is 2.00. The second kappa shape index (κ2) is 5.25. The van der Waals surface area contributed by atoms with Gasteiger partial charge in [0.1, 0.15) is 0 Å². The van der Waals surface area contributed by atoms with Crippen LogP contribution in [-0.4, -0.2) is 28.6 Å². The van der Waals surface area contributed by atoms with Crippen LogP contribution in [0.15, 0.2) is 24.3 Å². The van der Waals surface area contributed by atoms with E-state index in [4.69, 9.17) is 5.11 Å². The van der Waals surface area contributed by atoms with Crippen molar-refractivity contribution in [1.29, 1.82) is 0 Å². The summed E-state index contributed by atoms with van der Waals surface area (Å²) in [5.74, 6) is 0.356. The van der Waals surface area contributed by atoms with Crippen LogP contribution >= 0.6 is 11.8 Å². The van der Waals surface area contributed by atoms with Crippen LogP contribution < -0.4 is 5.32 Å². The average molecular weight is 237 g/mol. The van der Waals surface area contributed by atoms with E-state index in [1.54, 1.807) is 12.1 Å². The molecule has 1 aliphatic heterocycles. The first kappa shape index (κ1) is 11.3. The summed E-state index contributed by atoms with van der Waals surface area (Å²) in [5, 5.41) is 12.9. The maximum atomic E-state index is 11.0. The molecule has 1 saturated heterocycles. The van der Waals surface area contributed by atoms with Gasteiger partial charge >= 0.3 is 5.97 Å². The predicted molar refractivity (Wildman–Crippen MR) is 67.4 cm³/mol. The quantitative estimate of drug-likeness (QED) is 0.845. The molecule has 2 rings (SSSR count). The van der Waals surface area contributed by atoms with Crippen molar-refractivity contribution in [3.63, 3.8) is 0 Å². The number of hydrogen-bond donors (Lipinski definition) is 2. The standard InChI is InChI=1S/C12H15NO2S/c14-12(15)10-5-1-2-6-11(10)13-8-9-4-3-7-16-9/h1-2,5-6,9,13H,3-4,7-8H2,(H,14,15). The molecule has 16 heavy (non-hydrogen) atoms. The van der Waals surface area contributed by atoms with Crippen LogP contribution in [0, 0.1) is 0 Å². The number of carbonyl (C=O) groups is 1. The highest BCUT2D eigenvalue weighted by Crippen LogP contribution is 2.26. The molecule has 1 fully saturated rings. The van der Waals surface area contributed by atoms with Crippen molar-refractivity contribution in [2.45, 2.75) is 18.1 Å². The second-order valence-electron chi connectivity index (χ2n) is 3.87. The van der Waals surface area contributed by atoms with Crippen LogP contribution in [0.25, 0.3) is 0 Å². The molecule has 0 amide bonds. The fraction of sp³-hybridized carbons (Fsp3) is 0.417. The molecule has 4 heteroatoms. The number of thioether (sulfide) groups is 1. The summed E-state index contributed by atoms with van der Waals surface area (Å²) < 4.78 is 0. The Morgan fingerprint density at radius 2 is 2.31 bits per heavy atom. The van der Waals surface area contributed by atoms with Crippen LogP contribution in [0.4, 0.5) is 5.69 Å². The van der Waals surface area contributed by atoms with Crippen molar-refractivity contribution < 1.29 is 9.90 Å². The fourth-order valence-electron chi connectivity index (χ4n) is 1.85. The van der Waals surface area contributed by atoms with E-state index in [0.29, 0.717) is 10.8 Å². The molecule has 86 valence electrons. The number of hydrogen-bond acceptors (Lipinski definition) is 3. The summed E-state index contributed by atoms with van der Waals surface area (Å²) in [4.78, 5) is 11.0. The molecule has 0 radical (unpaired) electrons. The Hall–Kier alpha value is -1.16. The Morgan fingerprint density at radius 3 is 3.00 bits per heavy atom. The number of nitrogens with one attached hydrogen (secondary N) is 1. The number of benzene rings is 1. The van der Waals surface area contributed by atoms with Crippen LogP contribution in [0.5, 0.6) is 0 Å². The first-order chi connectivity index (χ1) is 7.77. The highest BCUT2D eigenvalue weighted by atomic mass is 32.2. The Morgan fingerprint density at radius 1 is 1.50 bits per heavy atom. The van der Waals surface area contributed by atoms with Crippen LogP contribution in [0.3, 0.4) is 0 Å². The fourth-order valence-corrected chi connectivity index (χ4v) is 3.05. The van der Waals surface area contributed by atoms with Gasteiger partial charge in [0.05, 0.1) is 5.56 Å². The molecule has 1 aliphatic rings. The van der Waals surface area contributed by atoms with Gasteiger partial charge in [-0.25, -0.2) is 4.79 Å². The van der Waals surface area contributed by atoms with Gasteiger partial charge < -0.3 is 10.4 Å². The molecule has 0 bridgehead atoms. The molecular formula is C12H15NO2S. The van der Waals surface area contributed by atoms with Gasteiger partial charge in [-0.2, -0.15) is 11.8 Å². The molecule has 1 aromatic rings. The lowest BCUT2D eigenvalue weighted by atomic mass is 10.1. The van der Waals surface area contributed by atoms with Gasteiger partial charge in [-0.3, -0.25) is 0 Å². The van der Waals surface area contributed by atoms with Crippen LogP contribution in [0.2, 0.25) is 0 Å². The summed E-state index contributed by atoms with van der Waals surface area (Å²) in [6.07, 6.45) is 2.50. The monoisotopic (exact) mass is 237 g/mol.